The minimum atomic E-state index is -0.140. The molecule has 0 amide bonds. The number of rotatable bonds is 5. The van der Waals surface area contributed by atoms with E-state index in [0.717, 1.165) is 40.3 Å². The average molecular weight is 483 g/mol. The molecule has 0 N–H and O–H groups in total. The van der Waals surface area contributed by atoms with E-state index in [4.69, 9.17) is 4.74 Å². The number of fused-ring (bicyclic) bond motifs is 2. The molecule has 0 aromatic heterocycles. The number of ether oxygens (including phenoxy) is 1. The predicted molar refractivity (Wildman–Crippen MR) is 146 cm³/mol. The van der Waals surface area contributed by atoms with E-state index in [1.807, 2.05) is 19.1 Å². The molecule has 3 aliphatic rings. The van der Waals surface area contributed by atoms with Gasteiger partial charge in [-0.1, -0.05) is 63.1 Å². The van der Waals surface area contributed by atoms with Crippen LogP contribution < -0.4 is 4.74 Å². The first kappa shape index (κ1) is 23.8. The summed E-state index contributed by atoms with van der Waals surface area (Å²) in [6, 6.07) is 18.8. The van der Waals surface area contributed by atoms with Gasteiger partial charge in [-0.15, -0.1) is 0 Å². The van der Waals surface area contributed by atoms with Gasteiger partial charge in [0.25, 0.3) is 0 Å². The van der Waals surface area contributed by atoms with Crippen LogP contribution in [-0.2, 0) is 18.4 Å². The van der Waals surface area contributed by atoms with Gasteiger partial charge in [0.05, 0.1) is 0 Å². The van der Waals surface area contributed by atoms with Gasteiger partial charge in [0.2, 0.25) is 0 Å². The maximum Gasteiger partial charge on any atom is 0.131 e. The van der Waals surface area contributed by atoms with Crippen molar-refractivity contribution in [2.75, 3.05) is 0 Å². The Morgan fingerprint density at radius 1 is 0.917 bits per heavy atom. The summed E-state index contributed by atoms with van der Waals surface area (Å²) in [4.78, 5) is 0. The Morgan fingerprint density at radius 2 is 1.78 bits per heavy atom. The molecule has 2 saturated carbocycles. The van der Waals surface area contributed by atoms with Gasteiger partial charge in [-0.05, 0) is 120 Å². The quantitative estimate of drug-likeness (QED) is 0.352. The van der Waals surface area contributed by atoms with Crippen LogP contribution in [0.15, 0.2) is 54.6 Å². The van der Waals surface area contributed by atoms with Crippen molar-refractivity contribution in [2.45, 2.75) is 90.6 Å². The highest BCUT2D eigenvalue weighted by Gasteiger charge is 2.49. The summed E-state index contributed by atoms with van der Waals surface area (Å²) in [5, 5.41) is 0. The van der Waals surface area contributed by atoms with Crippen LogP contribution in [0.25, 0.3) is 11.1 Å². The molecular formula is C34H39FO. The van der Waals surface area contributed by atoms with Crippen LogP contribution in [0.3, 0.4) is 0 Å². The van der Waals surface area contributed by atoms with E-state index < -0.39 is 0 Å². The molecule has 1 nitrogen and oxygen atoms in total. The Labute approximate surface area is 216 Å². The van der Waals surface area contributed by atoms with Gasteiger partial charge in [0.15, 0.2) is 0 Å². The van der Waals surface area contributed by atoms with Crippen molar-refractivity contribution in [2.24, 2.45) is 11.3 Å². The Balaban J connectivity index is 1.31. The third kappa shape index (κ3) is 3.88. The smallest absolute Gasteiger partial charge is 0.131 e. The maximum atomic E-state index is 15.0. The Bertz CT molecular complexity index is 1300. The molecule has 3 aromatic rings. The van der Waals surface area contributed by atoms with Gasteiger partial charge in [-0.25, -0.2) is 4.39 Å². The minimum absolute atomic E-state index is 0.140. The molecule has 188 valence electrons. The molecule has 1 spiro atoms. The van der Waals surface area contributed by atoms with Gasteiger partial charge in [0, 0.05) is 5.56 Å². The molecule has 0 bridgehead atoms. The second-order valence-electron chi connectivity index (χ2n) is 12.5. The summed E-state index contributed by atoms with van der Waals surface area (Å²) in [6.45, 7) is 9.72. The van der Waals surface area contributed by atoms with Crippen LogP contribution in [0, 0.1) is 24.1 Å². The molecule has 3 aromatic carbocycles. The largest absolute Gasteiger partial charge is 0.489 e. The molecule has 2 heteroatoms. The molecule has 0 aliphatic heterocycles. The number of benzene rings is 3. The van der Waals surface area contributed by atoms with Gasteiger partial charge in [-0.2, -0.15) is 0 Å². The van der Waals surface area contributed by atoms with Crippen molar-refractivity contribution >= 4 is 0 Å². The molecule has 3 aliphatic carbocycles. The molecule has 3 unspecified atom stereocenters. The molecule has 0 saturated heterocycles. The van der Waals surface area contributed by atoms with Crippen LogP contribution in [-0.4, -0.2) is 0 Å². The van der Waals surface area contributed by atoms with Crippen LogP contribution in [0.5, 0.6) is 5.75 Å². The van der Waals surface area contributed by atoms with Crippen LogP contribution >= 0.6 is 0 Å². The van der Waals surface area contributed by atoms with E-state index >= 15 is 0 Å². The Morgan fingerprint density at radius 3 is 2.50 bits per heavy atom. The topological polar surface area (TPSA) is 9.23 Å². The van der Waals surface area contributed by atoms with Crippen molar-refractivity contribution in [1.82, 2.24) is 0 Å². The first-order valence-corrected chi connectivity index (χ1v) is 13.9. The highest BCUT2D eigenvalue weighted by molar-refractivity contribution is 5.70. The maximum absolute atomic E-state index is 15.0. The summed E-state index contributed by atoms with van der Waals surface area (Å²) >= 11 is 0. The van der Waals surface area contributed by atoms with Crippen molar-refractivity contribution in [1.29, 1.82) is 0 Å². The number of halogens is 1. The highest BCUT2D eigenvalue weighted by atomic mass is 19.1. The van der Waals surface area contributed by atoms with Gasteiger partial charge in [0.1, 0.15) is 18.2 Å². The van der Waals surface area contributed by atoms with E-state index in [2.05, 4.69) is 57.2 Å². The normalized spacial score (nSPS) is 26.1. The van der Waals surface area contributed by atoms with Crippen molar-refractivity contribution in [3.8, 4) is 16.9 Å². The monoisotopic (exact) mass is 482 g/mol. The van der Waals surface area contributed by atoms with Gasteiger partial charge in [-0.3, -0.25) is 0 Å². The molecule has 3 atom stereocenters. The number of hydrogen-bond donors (Lipinski definition) is 0. The lowest BCUT2D eigenvalue weighted by atomic mass is 9.58. The fourth-order valence-electron chi connectivity index (χ4n) is 7.52. The van der Waals surface area contributed by atoms with Crippen molar-refractivity contribution in [3.05, 3.63) is 88.2 Å². The third-order valence-electron chi connectivity index (χ3n) is 9.99. The lowest BCUT2D eigenvalue weighted by Crippen LogP contribution is -2.40. The van der Waals surface area contributed by atoms with E-state index in [1.54, 1.807) is 6.07 Å². The summed E-state index contributed by atoms with van der Waals surface area (Å²) in [6.07, 6.45) is 8.76. The van der Waals surface area contributed by atoms with Crippen molar-refractivity contribution < 1.29 is 9.13 Å². The molecule has 0 heterocycles. The fraction of sp³-hybridized carbons (Fsp3) is 0.471. The average Bonchev–Trinajstić information content (AvgIpc) is 3.43. The van der Waals surface area contributed by atoms with Crippen LogP contribution in [0.4, 0.5) is 4.39 Å². The van der Waals surface area contributed by atoms with Crippen molar-refractivity contribution in [3.63, 3.8) is 0 Å². The van der Waals surface area contributed by atoms with E-state index in [1.165, 1.54) is 55.2 Å². The third-order valence-corrected chi connectivity index (χ3v) is 9.99. The van der Waals surface area contributed by atoms with E-state index in [9.17, 15) is 4.39 Å². The first-order chi connectivity index (χ1) is 17.3. The number of aryl methyl sites for hydroxylation is 2. The molecule has 36 heavy (non-hydrogen) atoms. The van der Waals surface area contributed by atoms with Crippen LogP contribution in [0.1, 0.15) is 93.0 Å². The lowest BCUT2D eigenvalue weighted by Gasteiger charge is -2.46. The van der Waals surface area contributed by atoms with Gasteiger partial charge >= 0.3 is 0 Å². The zero-order chi connectivity index (χ0) is 25.1. The standard InChI is InChI=1S/C34H39FO/c1-22-7-12-32(35)29(18-22)27-11-8-24(19-28(27)30-6-5-15-33(30,3)4)21-36-26-10-9-25-14-17-34(31(25)20-26)16-13-23(34)2/h7-12,18-20,23,30H,5-6,13-17,21H2,1-4H3. The van der Waals surface area contributed by atoms with E-state index in [-0.39, 0.29) is 11.2 Å². The fourth-order valence-corrected chi connectivity index (χ4v) is 7.52. The molecule has 0 radical (unpaired) electrons. The molecular weight excluding hydrogens is 443 g/mol. The Kier molecular flexibility index (Phi) is 5.78. The summed E-state index contributed by atoms with van der Waals surface area (Å²) in [5.41, 5.74) is 8.96. The molecule has 6 rings (SSSR count). The summed E-state index contributed by atoms with van der Waals surface area (Å²) in [7, 11) is 0. The first-order valence-electron chi connectivity index (χ1n) is 13.9. The summed E-state index contributed by atoms with van der Waals surface area (Å²) < 4.78 is 21.4. The Hall–Kier alpha value is -2.61. The predicted octanol–water partition coefficient (Wildman–Crippen LogP) is 9.29. The zero-order valence-corrected chi connectivity index (χ0v) is 22.3. The highest BCUT2D eigenvalue weighted by Crippen LogP contribution is 2.56. The number of hydrogen-bond acceptors (Lipinski definition) is 1. The second-order valence-corrected chi connectivity index (χ2v) is 12.5. The minimum Gasteiger partial charge on any atom is -0.489 e. The SMILES string of the molecule is Cc1ccc(F)c(-c2ccc(COc3ccc4c(c3)C3(CC4)CCC3C)cc2C2CCCC2(C)C)c1. The second kappa shape index (κ2) is 8.75. The van der Waals surface area contributed by atoms with Gasteiger partial charge < -0.3 is 4.74 Å². The zero-order valence-electron chi connectivity index (χ0n) is 22.3. The molecule has 2 fully saturated rings. The lowest BCUT2D eigenvalue weighted by molar-refractivity contribution is 0.138. The van der Waals surface area contributed by atoms with E-state index in [0.29, 0.717) is 17.9 Å². The van der Waals surface area contributed by atoms with Crippen LogP contribution in [0.2, 0.25) is 0 Å². The summed E-state index contributed by atoms with van der Waals surface area (Å²) in [5.74, 6) is 2.04.